The van der Waals surface area contributed by atoms with Gasteiger partial charge in [-0.1, -0.05) is 18.2 Å². The molecule has 2 bridgehead atoms. The van der Waals surface area contributed by atoms with Crippen LogP contribution in [-0.2, 0) is 9.59 Å². The van der Waals surface area contributed by atoms with Crippen molar-refractivity contribution in [2.45, 2.75) is 6.42 Å². The van der Waals surface area contributed by atoms with Gasteiger partial charge >= 0.3 is 0 Å². The molecule has 1 amide bonds. The van der Waals surface area contributed by atoms with Crippen molar-refractivity contribution in [2.24, 2.45) is 23.7 Å². The lowest BCUT2D eigenvalue weighted by Crippen LogP contribution is -2.42. The van der Waals surface area contributed by atoms with Gasteiger partial charge in [0, 0.05) is 16.4 Å². The van der Waals surface area contributed by atoms with Crippen LogP contribution < -0.4 is 15.5 Å². The zero-order valence-electron chi connectivity index (χ0n) is 11.8. The SMILES string of the molecule is O=C([O-])c1ccc(Br)c(NC(=O)[C@H]2[C@@H](C(=O)[O-])[C@H]3C=C[C@@H]2C3)c1. The monoisotopic (exact) mass is 377 g/mol. The zero-order valence-corrected chi connectivity index (χ0v) is 13.4. The number of aliphatic carboxylic acids is 1. The van der Waals surface area contributed by atoms with Gasteiger partial charge in [-0.15, -0.1) is 0 Å². The maximum atomic E-state index is 12.5. The largest absolute Gasteiger partial charge is 0.550 e. The second-order valence-corrected chi connectivity index (χ2v) is 6.64. The maximum absolute atomic E-state index is 12.5. The third-order valence-electron chi connectivity index (χ3n) is 4.49. The number of halogens is 1. The van der Waals surface area contributed by atoms with Crippen LogP contribution in [-0.4, -0.2) is 17.8 Å². The molecule has 0 heterocycles. The molecule has 3 rings (SSSR count). The van der Waals surface area contributed by atoms with E-state index in [0.29, 0.717) is 10.9 Å². The fourth-order valence-corrected chi connectivity index (χ4v) is 3.81. The number of hydrogen-bond donors (Lipinski definition) is 1. The first-order valence-electron chi connectivity index (χ1n) is 7.09. The van der Waals surface area contributed by atoms with Gasteiger partial charge in [0.15, 0.2) is 0 Å². The summed E-state index contributed by atoms with van der Waals surface area (Å²) >= 11 is 3.23. The molecule has 0 spiro atoms. The molecule has 2 aliphatic rings. The van der Waals surface area contributed by atoms with Gasteiger partial charge in [0.25, 0.3) is 0 Å². The number of rotatable bonds is 4. The number of anilines is 1. The van der Waals surface area contributed by atoms with Crippen molar-refractivity contribution in [2.75, 3.05) is 5.32 Å². The van der Waals surface area contributed by atoms with Crippen molar-refractivity contribution < 1.29 is 24.6 Å². The van der Waals surface area contributed by atoms with Crippen LogP contribution in [0.4, 0.5) is 5.69 Å². The molecular weight excluding hydrogens is 366 g/mol. The summed E-state index contributed by atoms with van der Waals surface area (Å²) in [7, 11) is 0. The number of carboxylic acids is 2. The number of benzene rings is 1. The van der Waals surface area contributed by atoms with Crippen LogP contribution in [0, 0.1) is 23.7 Å². The second kappa shape index (κ2) is 5.81. The van der Waals surface area contributed by atoms with Gasteiger partial charge in [-0.2, -0.15) is 0 Å². The minimum absolute atomic E-state index is 0.0761. The normalized spacial score (nSPS) is 27.9. The number of hydrogen-bond acceptors (Lipinski definition) is 5. The van der Waals surface area contributed by atoms with Gasteiger partial charge < -0.3 is 25.1 Å². The first kappa shape index (κ1) is 15.7. The third kappa shape index (κ3) is 2.76. The summed E-state index contributed by atoms with van der Waals surface area (Å²) in [6.45, 7) is 0. The molecule has 0 aromatic heterocycles. The molecule has 0 aliphatic heterocycles. The molecule has 0 radical (unpaired) electrons. The summed E-state index contributed by atoms with van der Waals surface area (Å²) in [5, 5.41) is 24.9. The first-order chi connectivity index (χ1) is 10.9. The average molecular weight is 378 g/mol. The summed E-state index contributed by atoms with van der Waals surface area (Å²) in [5.74, 6) is -4.92. The predicted molar refractivity (Wildman–Crippen MR) is 79.8 cm³/mol. The summed E-state index contributed by atoms with van der Waals surface area (Å²) in [4.78, 5) is 34.8. The molecule has 1 aromatic carbocycles. The fraction of sp³-hybridized carbons (Fsp3) is 0.312. The minimum Gasteiger partial charge on any atom is -0.550 e. The molecule has 6 nitrogen and oxygen atoms in total. The number of carbonyl (C=O) groups is 3. The van der Waals surface area contributed by atoms with E-state index < -0.39 is 29.7 Å². The van der Waals surface area contributed by atoms with Crippen molar-refractivity contribution in [3.05, 3.63) is 40.4 Å². The smallest absolute Gasteiger partial charge is 0.228 e. The van der Waals surface area contributed by atoms with E-state index in [9.17, 15) is 24.6 Å². The summed E-state index contributed by atoms with van der Waals surface area (Å²) in [5.41, 5.74) is 0.188. The Morgan fingerprint density at radius 1 is 1.09 bits per heavy atom. The highest BCUT2D eigenvalue weighted by atomic mass is 79.9. The van der Waals surface area contributed by atoms with Gasteiger partial charge in [-0.3, -0.25) is 4.79 Å². The van der Waals surface area contributed by atoms with E-state index >= 15 is 0 Å². The van der Waals surface area contributed by atoms with E-state index in [1.807, 2.05) is 12.2 Å². The Hall–Kier alpha value is -2.15. The molecule has 120 valence electrons. The van der Waals surface area contributed by atoms with Gasteiger partial charge in [-0.25, -0.2) is 0 Å². The highest BCUT2D eigenvalue weighted by Crippen LogP contribution is 2.48. The average Bonchev–Trinajstić information content (AvgIpc) is 3.09. The Labute approximate surface area is 140 Å². The third-order valence-corrected chi connectivity index (χ3v) is 5.19. The van der Waals surface area contributed by atoms with E-state index in [-0.39, 0.29) is 23.1 Å². The molecule has 2 aliphatic carbocycles. The van der Waals surface area contributed by atoms with E-state index in [0.717, 1.165) is 0 Å². The van der Waals surface area contributed by atoms with E-state index in [1.165, 1.54) is 18.2 Å². The lowest BCUT2D eigenvalue weighted by atomic mass is 9.82. The van der Waals surface area contributed by atoms with Gasteiger partial charge in [0.1, 0.15) is 0 Å². The molecule has 23 heavy (non-hydrogen) atoms. The van der Waals surface area contributed by atoms with Gasteiger partial charge in [-0.05, 0) is 51.9 Å². The molecule has 1 N–H and O–H groups in total. The first-order valence-corrected chi connectivity index (χ1v) is 7.88. The van der Waals surface area contributed by atoms with E-state index in [4.69, 9.17) is 0 Å². The summed E-state index contributed by atoms with van der Waals surface area (Å²) < 4.78 is 0.500. The molecule has 0 unspecified atom stereocenters. The topological polar surface area (TPSA) is 109 Å². The lowest BCUT2D eigenvalue weighted by molar-refractivity contribution is -0.313. The second-order valence-electron chi connectivity index (χ2n) is 5.79. The van der Waals surface area contributed by atoms with Crippen molar-refractivity contribution in [3.63, 3.8) is 0 Å². The minimum atomic E-state index is -1.36. The van der Waals surface area contributed by atoms with E-state index in [1.54, 1.807) is 0 Å². The lowest BCUT2D eigenvalue weighted by Gasteiger charge is -2.28. The fourth-order valence-electron chi connectivity index (χ4n) is 3.47. The van der Waals surface area contributed by atoms with Crippen molar-refractivity contribution in [1.29, 1.82) is 0 Å². The van der Waals surface area contributed by atoms with E-state index in [2.05, 4.69) is 21.2 Å². The Morgan fingerprint density at radius 2 is 1.74 bits per heavy atom. The van der Waals surface area contributed by atoms with Crippen molar-refractivity contribution in [3.8, 4) is 0 Å². The number of carbonyl (C=O) groups excluding carboxylic acids is 3. The van der Waals surface area contributed by atoms with Crippen LogP contribution >= 0.6 is 15.9 Å². The maximum Gasteiger partial charge on any atom is 0.228 e. The van der Waals surface area contributed by atoms with Crippen LogP contribution in [0.2, 0.25) is 0 Å². The van der Waals surface area contributed by atoms with Crippen LogP contribution in [0.25, 0.3) is 0 Å². The molecule has 4 atom stereocenters. The number of amides is 1. The Morgan fingerprint density at radius 3 is 2.35 bits per heavy atom. The van der Waals surface area contributed by atoms with Gasteiger partial charge in [0.2, 0.25) is 5.91 Å². The molecule has 1 saturated carbocycles. The standard InChI is InChI=1S/C16H14BrNO5/c17-10-4-3-9(15(20)21)6-11(10)18-14(19)12-7-1-2-8(5-7)13(12)16(22)23/h1-4,6-8,12-13H,5H2,(H,18,19)(H,20,21)(H,22,23)/p-2/t7-,8+,12-,13+/m1/s1. The van der Waals surface area contributed by atoms with Crippen molar-refractivity contribution in [1.82, 2.24) is 0 Å². The number of allylic oxidation sites excluding steroid dienone is 2. The van der Waals surface area contributed by atoms with Gasteiger partial charge in [0.05, 0.1) is 17.6 Å². The molecule has 7 heteroatoms. The van der Waals surface area contributed by atoms with Crippen LogP contribution in [0.5, 0.6) is 0 Å². The number of aromatic carboxylic acids is 1. The van der Waals surface area contributed by atoms with Crippen LogP contribution in [0.1, 0.15) is 16.8 Å². The Balaban J connectivity index is 1.85. The Bertz CT molecular complexity index is 729. The molecule has 1 fully saturated rings. The summed E-state index contributed by atoms with van der Waals surface area (Å²) in [6.07, 6.45) is 4.31. The zero-order chi connectivity index (χ0) is 16.7. The molecule has 0 saturated heterocycles. The molecular formula is C16H12BrNO5-2. The quantitative estimate of drug-likeness (QED) is 0.739. The summed E-state index contributed by atoms with van der Waals surface area (Å²) in [6, 6.07) is 4.10. The predicted octanol–water partition coefficient (Wildman–Crippen LogP) is -0.0607. The van der Waals surface area contributed by atoms with Crippen molar-refractivity contribution >= 4 is 39.5 Å². The van der Waals surface area contributed by atoms with Crippen LogP contribution in [0.3, 0.4) is 0 Å². The highest BCUT2D eigenvalue weighted by Gasteiger charge is 2.48. The highest BCUT2D eigenvalue weighted by molar-refractivity contribution is 9.10. The number of nitrogens with one attached hydrogen (secondary N) is 1. The number of fused-ring (bicyclic) bond motifs is 2. The number of carboxylic acid groups (broad SMARTS) is 2. The molecule has 1 aromatic rings. The Kier molecular flexibility index (Phi) is 3.97. The van der Waals surface area contributed by atoms with Crippen LogP contribution in [0.15, 0.2) is 34.8 Å².